The Morgan fingerprint density at radius 3 is 2.58 bits per heavy atom. The number of sulfonamides is 1. The molecular formula is C10H13N5O2S2. The van der Waals surface area contributed by atoms with Crippen molar-refractivity contribution in [2.24, 2.45) is 0 Å². The van der Waals surface area contributed by atoms with Crippen LogP contribution >= 0.6 is 11.3 Å². The minimum Gasteiger partial charge on any atom is -0.357 e. The molecule has 0 aliphatic rings. The number of anilines is 1. The summed E-state index contributed by atoms with van der Waals surface area (Å²) in [6.45, 7) is 0.295. The lowest BCUT2D eigenvalue weighted by Crippen LogP contribution is -2.26. The molecule has 0 atom stereocenters. The van der Waals surface area contributed by atoms with Gasteiger partial charge < -0.3 is 5.32 Å². The Kier molecular flexibility index (Phi) is 4.40. The maximum Gasteiger partial charge on any atom is 0.243 e. The first-order valence-corrected chi connectivity index (χ1v) is 7.86. The van der Waals surface area contributed by atoms with E-state index < -0.39 is 10.0 Å². The summed E-state index contributed by atoms with van der Waals surface area (Å²) in [5.74, 6) is 0.377. The van der Waals surface area contributed by atoms with Crippen molar-refractivity contribution < 1.29 is 8.42 Å². The minimum absolute atomic E-state index is 0.0469. The molecule has 9 heteroatoms. The summed E-state index contributed by atoms with van der Waals surface area (Å²) in [7, 11) is -1.90. The number of rotatable bonds is 6. The van der Waals surface area contributed by atoms with Crippen LogP contribution in [0.2, 0.25) is 0 Å². The van der Waals surface area contributed by atoms with E-state index in [4.69, 9.17) is 0 Å². The van der Waals surface area contributed by atoms with Gasteiger partial charge in [-0.25, -0.2) is 28.1 Å². The fourth-order valence-corrected chi connectivity index (χ4v) is 2.88. The molecule has 0 spiro atoms. The molecule has 0 unspecified atom stereocenters. The van der Waals surface area contributed by atoms with Gasteiger partial charge in [0.2, 0.25) is 16.0 Å². The van der Waals surface area contributed by atoms with Crippen molar-refractivity contribution in [3.05, 3.63) is 29.0 Å². The van der Waals surface area contributed by atoms with E-state index in [0.29, 0.717) is 18.9 Å². The van der Waals surface area contributed by atoms with E-state index in [2.05, 4.69) is 25.0 Å². The molecule has 2 rings (SSSR count). The van der Waals surface area contributed by atoms with E-state index >= 15 is 0 Å². The topological polar surface area (TPSA) is 96.9 Å². The van der Waals surface area contributed by atoms with Gasteiger partial charge in [-0.1, -0.05) is 0 Å². The van der Waals surface area contributed by atoms with Crippen LogP contribution < -0.4 is 10.0 Å². The number of hydrogen-bond donors (Lipinski definition) is 2. The summed E-state index contributed by atoms with van der Waals surface area (Å²) in [6, 6.07) is 0. The standard InChI is InChI=1S/C10H13N5O2S2/c1-11-10-13-6-8(7-14-10)19(16,17)15-3-2-9-12-4-5-18-9/h4-7,15H,2-3H2,1H3,(H,11,13,14). The Hall–Kier alpha value is -1.58. The maximum atomic E-state index is 11.9. The van der Waals surface area contributed by atoms with Crippen molar-refractivity contribution in [1.82, 2.24) is 19.7 Å². The van der Waals surface area contributed by atoms with E-state index in [-0.39, 0.29) is 4.90 Å². The lowest BCUT2D eigenvalue weighted by molar-refractivity contribution is 0.580. The number of aromatic nitrogens is 3. The van der Waals surface area contributed by atoms with Crippen LogP contribution in [0.1, 0.15) is 5.01 Å². The molecule has 0 aliphatic heterocycles. The average Bonchev–Trinajstić information content (AvgIpc) is 2.92. The Morgan fingerprint density at radius 2 is 2.00 bits per heavy atom. The van der Waals surface area contributed by atoms with Crippen LogP contribution in [0.5, 0.6) is 0 Å². The Balaban J connectivity index is 1.97. The molecule has 0 bridgehead atoms. The normalized spacial score (nSPS) is 11.4. The second-order valence-corrected chi connectivity index (χ2v) is 6.31. The maximum absolute atomic E-state index is 11.9. The zero-order chi connectivity index (χ0) is 13.7. The number of nitrogens with one attached hydrogen (secondary N) is 2. The molecule has 2 aromatic rings. The van der Waals surface area contributed by atoms with E-state index in [1.807, 2.05) is 5.38 Å². The van der Waals surface area contributed by atoms with Gasteiger partial charge in [0.25, 0.3) is 0 Å². The van der Waals surface area contributed by atoms with Gasteiger partial charge >= 0.3 is 0 Å². The molecule has 0 fully saturated rings. The summed E-state index contributed by atoms with van der Waals surface area (Å²) in [6.07, 6.45) is 4.79. The van der Waals surface area contributed by atoms with Crippen LogP contribution in [0.25, 0.3) is 0 Å². The summed E-state index contributed by atoms with van der Waals surface area (Å²) in [4.78, 5) is 11.9. The summed E-state index contributed by atoms with van der Waals surface area (Å²) in [5.41, 5.74) is 0. The van der Waals surface area contributed by atoms with Crippen molar-refractivity contribution in [3.8, 4) is 0 Å². The second-order valence-electron chi connectivity index (χ2n) is 3.57. The Labute approximate surface area is 115 Å². The molecule has 0 aromatic carbocycles. The van der Waals surface area contributed by atoms with Crippen LogP contribution in [0, 0.1) is 0 Å². The Morgan fingerprint density at radius 1 is 1.26 bits per heavy atom. The van der Waals surface area contributed by atoms with Gasteiger partial charge in [-0.2, -0.15) is 0 Å². The fraction of sp³-hybridized carbons (Fsp3) is 0.300. The average molecular weight is 299 g/mol. The SMILES string of the molecule is CNc1ncc(S(=O)(=O)NCCc2nccs2)cn1. The predicted molar refractivity (Wildman–Crippen MR) is 72.6 cm³/mol. The highest BCUT2D eigenvalue weighted by Gasteiger charge is 2.14. The molecule has 2 N–H and O–H groups in total. The van der Waals surface area contributed by atoms with Gasteiger partial charge in [-0.3, -0.25) is 0 Å². The largest absolute Gasteiger partial charge is 0.357 e. The molecule has 19 heavy (non-hydrogen) atoms. The van der Waals surface area contributed by atoms with Crippen LogP contribution in [-0.4, -0.2) is 37.0 Å². The molecule has 0 amide bonds. The second kappa shape index (κ2) is 6.04. The van der Waals surface area contributed by atoms with Gasteiger partial charge in [0.05, 0.1) is 17.4 Å². The Bertz CT molecular complexity index is 610. The summed E-state index contributed by atoms with van der Waals surface area (Å²) >= 11 is 1.50. The lowest BCUT2D eigenvalue weighted by atomic mass is 10.5. The van der Waals surface area contributed by atoms with Crippen molar-refractivity contribution in [3.63, 3.8) is 0 Å². The fourth-order valence-electron chi connectivity index (χ4n) is 1.34. The molecule has 7 nitrogen and oxygen atoms in total. The van der Waals surface area contributed by atoms with E-state index in [1.165, 1.54) is 23.7 Å². The van der Waals surface area contributed by atoms with Crippen molar-refractivity contribution >= 4 is 27.3 Å². The van der Waals surface area contributed by atoms with E-state index in [9.17, 15) is 8.42 Å². The summed E-state index contributed by atoms with van der Waals surface area (Å²) in [5, 5.41) is 5.47. The zero-order valence-electron chi connectivity index (χ0n) is 10.2. The molecule has 2 heterocycles. The van der Waals surface area contributed by atoms with Crippen LogP contribution in [0.3, 0.4) is 0 Å². The van der Waals surface area contributed by atoms with E-state index in [1.54, 1.807) is 13.2 Å². The molecule has 0 aliphatic carbocycles. The molecule has 0 radical (unpaired) electrons. The van der Waals surface area contributed by atoms with Crippen LogP contribution in [0.4, 0.5) is 5.95 Å². The van der Waals surface area contributed by atoms with Crippen molar-refractivity contribution in [2.45, 2.75) is 11.3 Å². The van der Waals surface area contributed by atoms with Gasteiger partial charge in [-0.05, 0) is 0 Å². The molecule has 102 valence electrons. The van der Waals surface area contributed by atoms with E-state index in [0.717, 1.165) is 5.01 Å². The molecule has 0 saturated heterocycles. The minimum atomic E-state index is -3.56. The highest BCUT2D eigenvalue weighted by atomic mass is 32.2. The first-order valence-electron chi connectivity index (χ1n) is 5.49. The van der Waals surface area contributed by atoms with Gasteiger partial charge in [0.1, 0.15) is 4.90 Å². The van der Waals surface area contributed by atoms with Crippen LogP contribution in [-0.2, 0) is 16.4 Å². The number of nitrogens with zero attached hydrogens (tertiary/aromatic N) is 3. The van der Waals surface area contributed by atoms with Crippen LogP contribution in [0.15, 0.2) is 28.9 Å². The van der Waals surface area contributed by atoms with Gasteiger partial charge in [0.15, 0.2) is 0 Å². The van der Waals surface area contributed by atoms with Crippen molar-refractivity contribution in [2.75, 3.05) is 18.9 Å². The quantitative estimate of drug-likeness (QED) is 0.806. The van der Waals surface area contributed by atoms with Gasteiger partial charge in [0, 0.05) is 31.6 Å². The highest BCUT2D eigenvalue weighted by Crippen LogP contribution is 2.08. The third-order valence-corrected chi connectivity index (χ3v) is 4.53. The third kappa shape index (κ3) is 3.69. The molecule has 0 saturated carbocycles. The monoisotopic (exact) mass is 299 g/mol. The first kappa shape index (κ1) is 13.8. The molecular weight excluding hydrogens is 286 g/mol. The van der Waals surface area contributed by atoms with Gasteiger partial charge in [-0.15, -0.1) is 11.3 Å². The predicted octanol–water partition coefficient (Wildman–Crippen LogP) is 0.496. The first-order chi connectivity index (χ1) is 9.12. The third-order valence-electron chi connectivity index (χ3n) is 2.28. The smallest absolute Gasteiger partial charge is 0.243 e. The summed E-state index contributed by atoms with van der Waals surface area (Å²) < 4.78 is 26.4. The number of hydrogen-bond acceptors (Lipinski definition) is 7. The highest BCUT2D eigenvalue weighted by molar-refractivity contribution is 7.89. The number of thiazole rings is 1. The zero-order valence-corrected chi connectivity index (χ0v) is 11.8. The molecule has 2 aromatic heterocycles. The lowest BCUT2D eigenvalue weighted by Gasteiger charge is -2.05. The van der Waals surface area contributed by atoms with Crippen molar-refractivity contribution in [1.29, 1.82) is 0 Å².